The molecule has 25 heavy (non-hydrogen) atoms. The number of nitrogens with zero attached hydrogens (tertiary/aromatic N) is 1. The molecule has 0 radical (unpaired) electrons. The van der Waals surface area contributed by atoms with Gasteiger partial charge >= 0.3 is 0 Å². The molecular formula is C20H22N2O3. The summed E-state index contributed by atoms with van der Waals surface area (Å²) in [6.07, 6.45) is 1.71. The van der Waals surface area contributed by atoms with E-state index in [0.29, 0.717) is 19.4 Å². The predicted molar refractivity (Wildman–Crippen MR) is 96.7 cm³/mol. The van der Waals surface area contributed by atoms with Crippen molar-refractivity contribution in [2.24, 2.45) is 0 Å². The van der Waals surface area contributed by atoms with Crippen LogP contribution in [0, 0.1) is 0 Å². The highest BCUT2D eigenvalue weighted by Gasteiger charge is 2.36. The van der Waals surface area contributed by atoms with Crippen LogP contribution in [0.4, 0.5) is 5.69 Å². The molecule has 2 aromatic rings. The molecule has 2 amide bonds. The van der Waals surface area contributed by atoms with Crippen molar-refractivity contribution in [2.45, 2.75) is 25.3 Å². The maximum absolute atomic E-state index is 12.6. The molecule has 1 atom stereocenters. The minimum Gasteiger partial charge on any atom is -0.497 e. The molecule has 1 fully saturated rings. The van der Waals surface area contributed by atoms with Gasteiger partial charge in [0.25, 0.3) is 0 Å². The van der Waals surface area contributed by atoms with E-state index in [4.69, 9.17) is 4.74 Å². The summed E-state index contributed by atoms with van der Waals surface area (Å²) in [4.78, 5) is 26.4. The third kappa shape index (κ3) is 3.99. The Labute approximate surface area is 147 Å². The molecule has 1 N–H and O–H groups in total. The second-order valence-corrected chi connectivity index (χ2v) is 6.04. The van der Waals surface area contributed by atoms with E-state index in [2.05, 4.69) is 5.32 Å². The summed E-state index contributed by atoms with van der Waals surface area (Å²) in [7, 11) is 1.60. The number of methoxy groups -OCH3 is 1. The van der Waals surface area contributed by atoms with Crippen LogP contribution in [0.3, 0.4) is 0 Å². The number of carbonyl (C=O) groups excluding carboxylic acids is 2. The summed E-state index contributed by atoms with van der Waals surface area (Å²) in [5.41, 5.74) is 1.91. The molecule has 5 heteroatoms. The van der Waals surface area contributed by atoms with Gasteiger partial charge in [-0.25, -0.2) is 0 Å². The maximum atomic E-state index is 12.6. The molecule has 0 bridgehead atoms. The number of anilines is 1. The number of nitrogens with one attached hydrogen (secondary N) is 1. The number of hydrogen-bond acceptors (Lipinski definition) is 3. The standard InChI is InChI=1S/C20H22N2O3/c1-25-17-9-7-16(8-10-17)22-18(11-12-19(22)23)20(24)21-14-13-15-5-3-2-4-6-15/h2-10,18H,11-14H2,1H3,(H,21,24). The molecule has 1 saturated heterocycles. The van der Waals surface area contributed by atoms with E-state index in [1.165, 1.54) is 5.56 Å². The maximum Gasteiger partial charge on any atom is 0.243 e. The van der Waals surface area contributed by atoms with Gasteiger partial charge in [-0.1, -0.05) is 30.3 Å². The van der Waals surface area contributed by atoms with Crippen LogP contribution in [0.15, 0.2) is 54.6 Å². The summed E-state index contributed by atoms with van der Waals surface area (Å²) >= 11 is 0. The molecule has 3 rings (SSSR count). The zero-order chi connectivity index (χ0) is 17.6. The highest BCUT2D eigenvalue weighted by Crippen LogP contribution is 2.28. The summed E-state index contributed by atoms with van der Waals surface area (Å²) < 4.78 is 5.15. The molecule has 0 aliphatic carbocycles. The molecule has 0 spiro atoms. The zero-order valence-electron chi connectivity index (χ0n) is 14.3. The van der Waals surface area contributed by atoms with Gasteiger partial charge in [0, 0.05) is 18.7 Å². The number of ether oxygens (including phenoxy) is 1. The van der Waals surface area contributed by atoms with E-state index < -0.39 is 6.04 Å². The van der Waals surface area contributed by atoms with Crippen molar-refractivity contribution in [3.05, 3.63) is 60.2 Å². The average molecular weight is 338 g/mol. The Morgan fingerprint density at radius 1 is 1.16 bits per heavy atom. The van der Waals surface area contributed by atoms with E-state index in [-0.39, 0.29) is 11.8 Å². The fourth-order valence-electron chi connectivity index (χ4n) is 3.09. The van der Waals surface area contributed by atoms with Gasteiger partial charge < -0.3 is 10.1 Å². The molecule has 1 heterocycles. The minimum absolute atomic E-state index is 0.0200. The quantitative estimate of drug-likeness (QED) is 0.881. The van der Waals surface area contributed by atoms with Gasteiger partial charge in [-0.15, -0.1) is 0 Å². The molecule has 0 saturated carbocycles. The highest BCUT2D eigenvalue weighted by molar-refractivity contribution is 6.03. The fourth-order valence-corrected chi connectivity index (χ4v) is 3.09. The summed E-state index contributed by atoms with van der Waals surface area (Å²) in [5, 5.41) is 2.96. The van der Waals surface area contributed by atoms with Crippen LogP contribution in [-0.4, -0.2) is 31.5 Å². The third-order valence-electron chi connectivity index (χ3n) is 4.42. The monoisotopic (exact) mass is 338 g/mol. The SMILES string of the molecule is COc1ccc(N2C(=O)CCC2C(=O)NCCc2ccccc2)cc1. The number of benzene rings is 2. The van der Waals surface area contributed by atoms with Gasteiger partial charge in [-0.3, -0.25) is 14.5 Å². The lowest BCUT2D eigenvalue weighted by atomic mass is 10.1. The van der Waals surface area contributed by atoms with Gasteiger partial charge in [0.2, 0.25) is 11.8 Å². The van der Waals surface area contributed by atoms with Crippen LogP contribution in [0.1, 0.15) is 18.4 Å². The molecule has 1 aliphatic heterocycles. The largest absolute Gasteiger partial charge is 0.497 e. The minimum atomic E-state index is -0.448. The van der Waals surface area contributed by atoms with Crippen LogP contribution in [0.2, 0.25) is 0 Å². The summed E-state index contributed by atoms with van der Waals surface area (Å²) in [6.45, 7) is 0.560. The average Bonchev–Trinajstić information content (AvgIpc) is 3.04. The molecule has 0 aromatic heterocycles. The molecule has 1 unspecified atom stereocenters. The normalized spacial score (nSPS) is 16.8. The highest BCUT2D eigenvalue weighted by atomic mass is 16.5. The number of carbonyl (C=O) groups is 2. The fraction of sp³-hybridized carbons (Fsp3) is 0.300. The zero-order valence-corrected chi connectivity index (χ0v) is 14.3. The summed E-state index contributed by atoms with van der Waals surface area (Å²) in [5.74, 6) is 0.602. The van der Waals surface area contributed by atoms with Gasteiger partial charge in [0.15, 0.2) is 0 Å². The number of hydrogen-bond donors (Lipinski definition) is 1. The van der Waals surface area contributed by atoms with Crippen molar-refractivity contribution in [1.29, 1.82) is 0 Å². The smallest absolute Gasteiger partial charge is 0.243 e. The van der Waals surface area contributed by atoms with Crippen LogP contribution < -0.4 is 15.0 Å². The second kappa shape index (κ2) is 7.83. The topological polar surface area (TPSA) is 58.6 Å². The Hall–Kier alpha value is -2.82. The molecule has 5 nitrogen and oxygen atoms in total. The summed E-state index contributed by atoms with van der Waals surface area (Å²) in [6, 6.07) is 16.8. The number of amides is 2. The first-order valence-electron chi connectivity index (χ1n) is 8.47. The molecule has 130 valence electrons. The predicted octanol–water partition coefficient (Wildman–Crippen LogP) is 2.55. The Bertz CT molecular complexity index is 728. The van der Waals surface area contributed by atoms with Gasteiger partial charge in [-0.05, 0) is 42.7 Å². The molecule has 1 aliphatic rings. The number of rotatable bonds is 6. The second-order valence-electron chi connectivity index (χ2n) is 6.04. The Morgan fingerprint density at radius 2 is 1.88 bits per heavy atom. The van der Waals surface area contributed by atoms with E-state index in [0.717, 1.165) is 17.9 Å². The van der Waals surface area contributed by atoms with Crippen LogP contribution >= 0.6 is 0 Å². The molecule has 2 aromatic carbocycles. The Morgan fingerprint density at radius 3 is 2.56 bits per heavy atom. The van der Waals surface area contributed by atoms with E-state index in [1.54, 1.807) is 24.1 Å². The van der Waals surface area contributed by atoms with Crippen molar-refractivity contribution in [3.8, 4) is 5.75 Å². The van der Waals surface area contributed by atoms with E-state index in [9.17, 15) is 9.59 Å². The lowest BCUT2D eigenvalue weighted by Crippen LogP contribution is -2.45. The lowest BCUT2D eigenvalue weighted by Gasteiger charge is -2.24. The first kappa shape index (κ1) is 17.0. The van der Waals surface area contributed by atoms with Gasteiger partial charge in [-0.2, -0.15) is 0 Å². The lowest BCUT2D eigenvalue weighted by molar-refractivity contribution is -0.123. The third-order valence-corrected chi connectivity index (χ3v) is 4.42. The van der Waals surface area contributed by atoms with Gasteiger partial charge in [0.05, 0.1) is 7.11 Å². The first-order valence-corrected chi connectivity index (χ1v) is 8.47. The first-order chi connectivity index (χ1) is 12.2. The van der Waals surface area contributed by atoms with Crippen molar-refractivity contribution in [2.75, 3.05) is 18.6 Å². The Balaban J connectivity index is 1.63. The van der Waals surface area contributed by atoms with Crippen molar-refractivity contribution in [3.63, 3.8) is 0 Å². The Kier molecular flexibility index (Phi) is 5.33. The van der Waals surface area contributed by atoms with Crippen LogP contribution in [0.25, 0.3) is 0 Å². The van der Waals surface area contributed by atoms with Crippen molar-refractivity contribution < 1.29 is 14.3 Å². The van der Waals surface area contributed by atoms with E-state index >= 15 is 0 Å². The van der Waals surface area contributed by atoms with E-state index in [1.807, 2.05) is 42.5 Å². The van der Waals surface area contributed by atoms with Crippen LogP contribution in [-0.2, 0) is 16.0 Å². The van der Waals surface area contributed by atoms with Crippen molar-refractivity contribution in [1.82, 2.24) is 5.32 Å². The van der Waals surface area contributed by atoms with Crippen molar-refractivity contribution >= 4 is 17.5 Å². The molecular weight excluding hydrogens is 316 g/mol. The van der Waals surface area contributed by atoms with Gasteiger partial charge in [0.1, 0.15) is 11.8 Å². The van der Waals surface area contributed by atoms with Crippen LogP contribution in [0.5, 0.6) is 5.75 Å².